The number of halogens is 4. The van der Waals surface area contributed by atoms with Crippen LogP contribution in [0.4, 0.5) is 13.2 Å². The van der Waals surface area contributed by atoms with Gasteiger partial charge in [-0.25, -0.2) is 0 Å². The van der Waals surface area contributed by atoms with Crippen molar-refractivity contribution in [3.63, 3.8) is 0 Å². The van der Waals surface area contributed by atoms with Crippen LogP contribution in [0.5, 0.6) is 0 Å². The van der Waals surface area contributed by atoms with Crippen molar-refractivity contribution in [1.82, 2.24) is 0 Å². The van der Waals surface area contributed by atoms with Crippen LogP contribution in [0.15, 0.2) is 0 Å². The van der Waals surface area contributed by atoms with Gasteiger partial charge in [0.1, 0.15) is 0 Å². The lowest BCUT2D eigenvalue weighted by atomic mass is 10.8. The van der Waals surface area contributed by atoms with Crippen LogP contribution in [0, 0.1) is 0 Å². The standard InChI is InChI=1S/C4H6ClF3O3S/c5-1-2-11-12(9,10)3-4(6,7)8/h1-3H2. The van der Waals surface area contributed by atoms with Crippen LogP contribution in [0.2, 0.25) is 0 Å². The van der Waals surface area contributed by atoms with E-state index in [1.54, 1.807) is 0 Å². The third kappa shape index (κ3) is 6.68. The smallest absolute Gasteiger partial charge is 0.269 e. The van der Waals surface area contributed by atoms with Crippen molar-refractivity contribution in [2.75, 3.05) is 18.2 Å². The fourth-order valence-electron chi connectivity index (χ4n) is 0.401. The third-order valence-corrected chi connectivity index (χ3v) is 2.04. The van der Waals surface area contributed by atoms with E-state index in [-0.39, 0.29) is 5.88 Å². The summed E-state index contributed by atoms with van der Waals surface area (Å²) in [5, 5.41) is 0. The zero-order chi connectivity index (χ0) is 9.83. The number of hydrogen-bond acceptors (Lipinski definition) is 3. The molecule has 0 spiro atoms. The average molecular weight is 227 g/mol. The van der Waals surface area contributed by atoms with Gasteiger partial charge in [0.25, 0.3) is 10.1 Å². The molecule has 0 saturated carbocycles. The molecule has 0 atom stereocenters. The summed E-state index contributed by atoms with van der Waals surface area (Å²) < 4.78 is 59.1. The van der Waals surface area contributed by atoms with Gasteiger partial charge in [-0.15, -0.1) is 11.6 Å². The monoisotopic (exact) mass is 226 g/mol. The van der Waals surface area contributed by atoms with E-state index in [4.69, 9.17) is 11.6 Å². The number of hydrogen-bond donors (Lipinski definition) is 0. The molecule has 0 heterocycles. The minimum Gasteiger partial charge on any atom is -0.269 e. The summed E-state index contributed by atoms with van der Waals surface area (Å²) in [5.74, 6) is -2.14. The van der Waals surface area contributed by atoms with E-state index in [9.17, 15) is 21.6 Å². The Labute approximate surface area is 72.6 Å². The van der Waals surface area contributed by atoms with E-state index in [1.807, 2.05) is 0 Å². The van der Waals surface area contributed by atoms with Gasteiger partial charge in [0.15, 0.2) is 5.75 Å². The Hall–Kier alpha value is -0.0100. The lowest BCUT2D eigenvalue weighted by molar-refractivity contribution is -0.107. The molecule has 0 saturated heterocycles. The Morgan fingerprint density at radius 2 is 1.83 bits per heavy atom. The van der Waals surface area contributed by atoms with Crippen LogP contribution < -0.4 is 0 Å². The largest absolute Gasteiger partial charge is 0.405 e. The summed E-state index contributed by atoms with van der Waals surface area (Å²) in [6.45, 7) is -0.444. The lowest BCUT2D eigenvalue weighted by Crippen LogP contribution is -2.24. The van der Waals surface area contributed by atoms with Gasteiger partial charge in [-0.3, -0.25) is 4.18 Å². The molecule has 3 nitrogen and oxygen atoms in total. The van der Waals surface area contributed by atoms with Crippen LogP contribution in [0.3, 0.4) is 0 Å². The molecular formula is C4H6ClF3O3S. The summed E-state index contributed by atoms with van der Waals surface area (Å²) >= 11 is 5.01. The molecule has 12 heavy (non-hydrogen) atoms. The molecule has 0 radical (unpaired) electrons. The minimum absolute atomic E-state index is 0.170. The Morgan fingerprint density at radius 1 is 1.33 bits per heavy atom. The maximum atomic E-state index is 11.5. The topological polar surface area (TPSA) is 43.4 Å². The highest BCUT2D eigenvalue weighted by Crippen LogP contribution is 2.17. The maximum Gasteiger partial charge on any atom is 0.405 e. The first-order valence-electron chi connectivity index (χ1n) is 2.77. The molecule has 74 valence electrons. The van der Waals surface area contributed by atoms with Crippen molar-refractivity contribution >= 4 is 21.7 Å². The van der Waals surface area contributed by atoms with Gasteiger partial charge in [0.05, 0.1) is 6.61 Å². The summed E-state index contributed by atoms with van der Waals surface area (Å²) in [7, 11) is -4.51. The van der Waals surface area contributed by atoms with Crippen molar-refractivity contribution < 1.29 is 25.8 Å². The minimum atomic E-state index is -4.77. The highest BCUT2D eigenvalue weighted by Gasteiger charge is 2.35. The molecular weight excluding hydrogens is 221 g/mol. The zero-order valence-electron chi connectivity index (χ0n) is 5.77. The van der Waals surface area contributed by atoms with Crippen LogP contribution in [0.1, 0.15) is 0 Å². The molecule has 0 aromatic heterocycles. The average Bonchev–Trinajstić information content (AvgIpc) is 1.78. The predicted molar refractivity (Wildman–Crippen MR) is 36.5 cm³/mol. The molecule has 0 bridgehead atoms. The van der Waals surface area contributed by atoms with Gasteiger partial charge in [0, 0.05) is 5.88 Å². The van der Waals surface area contributed by atoms with Gasteiger partial charge in [-0.1, -0.05) is 0 Å². The van der Waals surface area contributed by atoms with E-state index in [1.165, 1.54) is 0 Å². The summed E-state index contributed by atoms with van der Waals surface area (Å²) in [4.78, 5) is 0. The van der Waals surface area contributed by atoms with Crippen LogP contribution in [0.25, 0.3) is 0 Å². The molecule has 0 fully saturated rings. The molecule has 0 aliphatic heterocycles. The SMILES string of the molecule is O=S(=O)(CC(F)(F)F)OCCCl. The van der Waals surface area contributed by atoms with Crippen LogP contribution in [-0.2, 0) is 14.3 Å². The van der Waals surface area contributed by atoms with Gasteiger partial charge < -0.3 is 0 Å². The molecule has 0 N–H and O–H groups in total. The zero-order valence-corrected chi connectivity index (χ0v) is 7.34. The van der Waals surface area contributed by atoms with Crippen molar-refractivity contribution in [3.05, 3.63) is 0 Å². The molecule has 0 amide bonds. The number of alkyl halides is 4. The van der Waals surface area contributed by atoms with Gasteiger partial charge in [-0.2, -0.15) is 21.6 Å². The summed E-state index contributed by atoms with van der Waals surface area (Å²) in [6, 6.07) is 0. The highest BCUT2D eigenvalue weighted by atomic mass is 35.5. The van der Waals surface area contributed by atoms with E-state index < -0.39 is 28.7 Å². The Kier molecular flexibility index (Phi) is 4.29. The first-order chi connectivity index (χ1) is 5.27. The van der Waals surface area contributed by atoms with Crippen molar-refractivity contribution in [1.29, 1.82) is 0 Å². The van der Waals surface area contributed by atoms with Crippen molar-refractivity contribution in [2.45, 2.75) is 6.18 Å². The maximum absolute atomic E-state index is 11.5. The van der Waals surface area contributed by atoms with Crippen LogP contribution >= 0.6 is 11.6 Å². The quantitative estimate of drug-likeness (QED) is 0.533. The fraction of sp³-hybridized carbons (Fsp3) is 1.00. The van der Waals surface area contributed by atoms with E-state index in [0.717, 1.165) is 0 Å². The van der Waals surface area contributed by atoms with Gasteiger partial charge >= 0.3 is 6.18 Å². The van der Waals surface area contributed by atoms with E-state index in [0.29, 0.717) is 0 Å². The normalized spacial score (nSPS) is 13.3. The van der Waals surface area contributed by atoms with E-state index in [2.05, 4.69) is 4.18 Å². The van der Waals surface area contributed by atoms with Crippen molar-refractivity contribution in [3.8, 4) is 0 Å². The second-order valence-electron chi connectivity index (χ2n) is 1.83. The Balaban J connectivity index is 4.06. The third-order valence-electron chi connectivity index (χ3n) is 0.680. The first kappa shape index (κ1) is 12.0. The fourth-order valence-corrected chi connectivity index (χ4v) is 1.39. The molecule has 0 aliphatic carbocycles. The van der Waals surface area contributed by atoms with Gasteiger partial charge in [0.2, 0.25) is 0 Å². The van der Waals surface area contributed by atoms with Crippen LogP contribution in [-0.4, -0.2) is 32.8 Å². The summed E-state index contributed by atoms with van der Waals surface area (Å²) in [5.41, 5.74) is 0. The number of rotatable bonds is 4. The molecule has 0 aliphatic rings. The highest BCUT2D eigenvalue weighted by molar-refractivity contribution is 7.86. The lowest BCUT2D eigenvalue weighted by Gasteiger charge is -2.06. The predicted octanol–water partition coefficient (Wildman–Crippen LogP) is 1.13. The second kappa shape index (κ2) is 4.29. The first-order valence-corrected chi connectivity index (χ1v) is 4.88. The molecule has 0 aromatic carbocycles. The van der Waals surface area contributed by atoms with E-state index >= 15 is 0 Å². The summed E-state index contributed by atoms with van der Waals surface area (Å²) in [6.07, 6.45) is -4.77. The molecule has 8 heteroatoms. The second-order valence-corrected chi connectivity index (χ2v) is 3.85. The molecule has 0 rings (SSSR count). The Bertz CT molecular complexity index is 222. The molecule has 0 unspecified atom stereocenters. The van der Waals surface area contributed by atoms with Crippen molar-refractivity contribution in [2.24, 2.45) is 0 Å². The Morgan fingerprint density at radius 3 is 2.17 bits per heavy atom. The van der Waals surface area contributed by atoms with Gasteiger partial charge in [-0.05, 0) is 0 Å². The molecule has 0 aromatic rings.